The van der Waals surface area contributed by atoms with E-state index in [4.69, 9.17) is 4.74 Å². The second-order valence-electron chi connectivity index (χ2n) is 19.3. The minimum absolute atomic E-state index is 0.00234. The molecule has 0 rings (SSSR count). The zero-order valence-electron chi connectivity index (χ0n) is 43.2. The highest BCUT2D eigenvalue weighted by Gasteiger charge is 2.18. The van der Waals surface area contributed by atoms with Gasteiger partial charge in [-0.25, -0.2) is 0 Å². The number of nitrogens with one attached hydrogen (secondary N) is 1. The molecule has 0 heterocycles. The van der Waals surface area contributed by atoms with Crippen molar-refractivity contribution >= 4 is 11.9 Å². The number of hydrogen-bond donors (Lipinski definition) is 3. The van der Waals surface area contributed by atoms with E-state index in [-0.39, 0.29) is 18.5 Å². The van der Waals surface area contributed by atoms with Crippen LogP contribution in [0.2, 0.25) is 0 Å². The Morgan fingerprint density at radius 1 is 0.431 bits per heavy atom. The Morgan fingerprint density at radius 2 is 0.769 bits per heavy atom. The van der Waals surface area contributed by atoms with Crippen LogP contribution in [0.1, 0.15) is 290 Å². The monoisotopic (exact) mass is 912 g/mol. The van der Waals surface area contributed by atoms with E-state index in [2.05, 4.69) is 55.6 Å². The Bertz CT molecular complexity index is 1100. The van der Waals surface area contributed by atoms with Crippen LogP contribution in [0.25, 0.3) is 0 Å². The third-order valence-electron chi connectivity index (χ3n) is 12.8. The first-order valence-corrected chi connectivity index (χ1v) is 28.4. The number of allylic oxidation sites excluding steroid dienone is 7. The fourth-order valence-electron chi connectivity index (χ4n) is 8.42. The number of aliphatic hydroxyl groups excluding tert-OH is 2. The highest BCUT2D eigenvalue weighted by atomic mass is 16.5. The molecule has 0 aromatic carbocycles. The van der Waals surface area contributed by atoms with Gasteiger partial charge in [0.05, 0.1) is 25.4 Å². The molecule has 0 aromatic heterocycles. The molecule has 3 N–H and O–H groups in total. The standard InChI is InChI=1S/C59H109NO5/c1-3-5-7-9-11-13-15-33-37-41-45-49-53-59(64)65-54-50-46-42-38-34-30-28-26-24-22-20-18-16-17-19-21-23-25-27-29-32-36-40-44-48-52-58(63)60-56(55-61)57(62)51-47-43-39-35-31-14-12-10-8-6-4-2/h11,13,17-20,47,51,56-57,61-62H,3-10,12,14-16,21-46,48-50,52-55H2,1-2H3,(H,60,63)/b13-11-,19-17-,20-18-,51-47+. The van der Waals surface area contributed by atoms with Crippen molar-refractivity contribution in [1.29, 1.82) is 0 Å². The molecule has 0 saturated heterocycles. The average Bonchev–Trinajstić information content (AvgIpc) is 3.31. The lowest BCUT2D eigenvalue weighted by Crippen LogP contribution is -2.45. The number of unbranched alkanes of at least 4 members (excludes halogenated alkanes) is 35. The van der Waals surface area contributed by atoms with Crippen LogP contribution in [0.4, 0.5) is 0 Å². The summed E-state index contributed by atoms with van der Waals surface area (Å²) in [7, 11) is 0. The van der Waals surface area contributed by atoms with Crippen molar-refractivity contribution in [2.75, 3.05) is 13.2 Å². The van der Waals surface area contributed by atoms with Crippen LogP contribution >= 0.6 is 0 Å². The molecular formula is C59H109NO5. The molecule has 6 heteroatoms. The second kappa shape index (κ2) is 54.4. The summed E-state index contributed by atoms with van der Waals surface area (Å²) in [5.74, 6) is -0.0785. The Kier molecular flexibility index (Phi) is 52.6. The molecule has 0 fully saturated rings. The number of amides is 1. The quantitative estimate of drug-likeness (QED) is 0.0321. The maximum Gasteiger partial charge on any atom is 0.305 e. The summed E-state index contributed by atoms with van der Waals surface area (Å²) in [6.45, 7) is 4.85. The predicted molar refractivity (Wildman–Crippen MR) is 282 cm³/mol. The molecule has 65 heavy (non-hydrogen) atoms. The number of hydrogen-bond acceptors (Lipinski definition) is 5. The van der Waals surface area contributed by atoms with Crippen molar-refractivity contribution in [3.8, 4) is 0 Å². The molecule has 0 aromatic rings. The Balaban J connectivity index is 3.45. The summed E-state index contributed by atoms with van der Waals surface area (Å²) in [6.07, 6.45) is 68.5. The third-order valence-corrected chi connectivity index (χ3v) is 12.8. The molecule has 6 nitrogen and oxygen atoms in total. The van der Waals surface area contributed by atoms with E-state index in [9.17, 15) is 19.8 Å². The van der Waals surface area contributed by atoms with Crippen molar-refractivity contribution < 1.29 is 24.5 Å². The van der Waals surface area contributed by atoms with Gasteiger partial charge in [0.1, 0.15) is 0 Å². The molecule has 0 spiro atoms. The van der Waals surface area contributed by atoms with E-state index >= 15 is 0 Å². The molecule has 0 aliphatic heterocycles. The number of ether oxygens (including phenoxy) is 1. The zero-order chi connectivity index (χ0) is 47.2. The van der Waals surface area contributed by atoms with Gasteiger partial charge in [-0.3, -0.25) is 9.59 Å². The largest absolute Gasteiger partial charge is 0.466 e. The van der Waals surface area contributed by atoms with Gasteiger partial charge in [0.2, 0.25) is 5.91 Å². The lowest BCUT2D eigenvalue weighted by molar-refractivity contribution is -0.143. The van der Waals surface area contributed by atoms with E-state index < -0.39 is 12.1 Å². The lowest BCUT2D eigenvalue weighted by atomic mass is 10.0. The molecule has 2 unspecified atom stereocenters. The minimum Gasteiger partial charge on any atom is -0.466 e. The van der Waals surface area contributed by atoms with E-state index in [1.807, 2.05) is 6.08 Å². The molecule has 0 aliphatic rings. The molecule has 0 radical (unpaired) electrons. The molecule has 1 amide bonds. The summed E-state index contributed by atoms with van der Waals surface area (Å²) in [5.41, 5.74) is 0. The summed E-state index contributed by atoms with van der Waals surface area (Å²) in [5, 5.41) is 23.0. The smallest absolute Gasteiger partial charge is 0.305 e. The highest BCUT2D eigenvalue weighted by Crippen LogP contribution is 2.15. The summed E-state index contributed by atoms with van der Waals surface area (Å²) in [6, 6.07) is -0.631. The van der Waals surface area contributed by atoms with Crippen LogP contribution in [0.15, 0.2) is 48.6 Å². The van der Waals surface area contributed by atoms with E-state index in [1.54, 1.807) is 6.08 Å². The molecular weight excluding hydrogens is 803 g/mol. The number of carbonyl (C=O) groups is 2. The van der Waals surface area contributed by atoms with E-state index in [0.717, 1.165) is 51.4 Å². The first-order valence-electron chi connectivity index (χ1n) is 28.4. The second-order valence-corrected chi connectivity index (χ2v) is 19.3. The molecule has 2 atom stereocenters. The SMILES string of the molecule is CCCCC/C=C\CCCCCCCC(=O)OCCCCCCCCCCC/C=C\C/C=C\CCCCCCCCCCCC(=O)NC(CO)C(O)/C=C/CCCCCCCCCCC. The van der Waals surface area contributed by atoms with Crippen LogP contribution < -0.4 is 5.32 Å². The van der Waals surface area contributed by atoms with Crippen molar-refractivity contribution in [3.05, 3.63) is 48.6 Å². The van der Waals surface area contributed by atoms with Gasteiger partial charge < -0.3 is 20.3 Å². The third kappa shape index (κ3) is 51.1. The van der Waals surface area contributed by atoms with Gasteiger partial charge in [-0.15, -0.1) is 0 Å². The Labute approximate surface area is 404 Å². The van der Waals surface area contributed by atoms with Gasteiger partial charge in [0, 0.05) is 12.8 Å². The van der Waals surface area contributed by atoms with Crippen LogP contribution in [0.3, 0.4) is 0 Å². The topological polar surface area (TPSA) is 95.9 Å². The highest BCUT2D eigenvalue weighted by molar-refractivity contribution is 5.76. The van der Waals surface area contributed by atoms with Gasteiger partial charge in [-0.2, -0.15) is 0 Å². The minimum atomic E-state index is -0.847. The predicted octanol–water partition coefficient (Wildman–Crippen LogP) is 17.4. The van der Waals surface area contributed by atoms with Crippen LogP contribution in [0, 0.1) is 0 Å². The normalized spacial score (nSPS) is 13.0. The number of rotatable bonds is 52. The molecule has 0 bridgehead atoms. The van der Waals surface area contributed by atoms with Crippen LogP contribution in [-0.2, 0) is 14.3 Å². The zero-order valence-corrected chi connectivity index (χ0v) is 43.2. The summed E-state index contributed by atoms with van der Waals surface area (Å²) >= 11 is 0. The van der Waals surface area contributed by atoms with E-state index in [1.165, 1.54) is 212 Å². The van der Waals surface area contributed by atoms with Gasteiger partial charge in [-0.1, -0.05) is 236 Å². The van der Waals surface area contributed by atoms with E-state index in [0.29, 0.717) is 19.4 Å². The fourth-order valence-corrected chi connectivity index (χ4v) is 8.42. The maximum atomic E-state index is 12.4. The molecule has 0 saturated carbocycles. The maximum absolute atomic E-state index is 12.4. The van der Waals surface area contributed by atoms with Crippen LogP contribution in [0.5, 0.6) is 0 Å². The molecule has 0 aliphatic carbocycles. The Morgan fingerprint density at radius 3 is 1.22 bits per heavy atom. The first kappa shape index (κ1) is 62.8. The Hall–Kier alpha value is -2.18. The molecule has 380 valence electrons. The van der Waals surface area contributed by atoms with Crippen molar-refractivity contribution in [2.45, 2.75) is 302 Å². The first-order chi connectivity index (χ1) is 32.0. The summed E-state index contributed by atoms with van der Waals surface area (Å²) in [4.78, 5) is 24.4. The average molecular weight is 913 g/mol. The van der Waals surface area contributed by atoms with Crippen LogP contribution in [-0.4, -0.2) is 47.4 Å². The van der Waals surface area contributed by atoms with Gasteiger partial charge >= 0.3 is 5.97 Å². The van der Waals surface area contributed by atoms with Gasteiger partial charge in [0.25, 0.3) is 0 Å². The number of carbonyl (C=O) groups excluding carboxylic acids is 2. The van der Waals surface area contributed by atoms with Gasteiger partial charge in [-0.05, 0) is 89.9 Å². The lowest BCUT2D eigenvalue weighted by Gasteiger charge is -2.20. The number of esters is 1. The van der Waals surface area contributed by atoms with Crippen molar-refractivity contribution in [2.24, 2.45) is 0 Å². The van der Waals surface area contributed by atoms with Gasteiger partial charge in [0.15, 0.2) is 0 Å². The van der Waals surface area contributed by atoms with Crippen molar-refractivity contribution in [3.63, 3.8) is 0 Å². The summed E-state index contributed by atoms with van der Waals surface area (Å²) < 4.78 is 5.46. The van der Waals surface area contributed by atoms with Crippen molar-refractivity contribution in [1.82, 2.24) is 5.32 Å². The number of aliphatic hydroxyl groups is 2. The fraction of sp³-hybridized carbons (Fsp3) is 0.831.